The maximum atomic E-state index is 13.5. The number of pyridine rings is 1. The minimum atomic E-state index is -0.444. The van der Waals surface area contributed by atoms with Crippen LogP contribution in [0.3, 0.4) is 0 Å². The van der Waals surface area contributed by atoms with Gasteiger partial charge in [-0.05, 0) is 42.2 Å². The smallest absolute Gasteiger partial charge is 0.315 e. The van der Waals surface area contributed by atoms with Crippen molar-refractivity contribution in [3.8, 4) is 0 Å². The van der Waals surface area contributed by atoms with Crippen molar-refractivity contribution >= 4 is 12.1 Å². The van der Waals surface area contributed by atoms with Crippen molar-refractivity contribution in [3.63, 3.8) is 0 Å². The lowest BCUT2D eigenvalue weighted by Gasteiger charge is -2.46. The van der Waals surface area contributed by atoms with Gasteiger partial charge in [-0.25, -0.2) is 19.0 Å². The highest BCUT2D eigenvalue weighted by atomic mass is 19.1. The number of rotatable bonds is 5. The number of halogens is 1. The molecule has 1 aliphatic carbocycles. The molecule has 2 atom stereocenters. The van der Waals surface area contributed by atoms with Crippen LogP contribution in [0.25, 0.3) is 0 Å². The van der Waals surface area contributed by atoms with Crippen LogP contribution in [-0.2, 0) is 11.3 Å². The molecule has 1 aromatic rings. The Hall–Kier alpha value is -2.27. The molecule has 1 heterocycles. The molecule has 6 nitrogen and oxygen atoms in total. The maximum Gasteiger partial charge on any atom is 0.315 e. The van der Waals surface area contributed by atoms with Crippen LogP contribution in [0.5, 0.6) is 0 Å². The highest BCUT2D eigenvalue weighted by molar-refractivity contribution is 5.74. The zero-order valence-corrected chi connectivity index (χ0v) is 14.9. The average molecular weight is 348 g/mol. The van der Waals surface area contributed by atoms with E-state index in [0.717, 1.165) is 19.3 Å². The Morgan fingerprint density at radius 3 is 2.88 bits per heavy atom. The number of hydrogen-bond acceptors (Lipinski definition) is 4. The van der Waals surface area contributed by atoms with Crippen LogP contribution in [0, 0.1) is 16.6 Å². The first-order valence-corrected chi connectivity index (χ1v) is 8.40. The van der Waals surface area contributed by atoms with Crippen LogP contribution >= 0.6 is 0 Å². The number of nitrogens with one attached hydrogen (secondary N) is 2. The molecule has 2 unspecified atom stereocenters. The first-order chi connectivity index (χ1) is 11.7. The summed E-state index contributed by atoms with van der Waals surface area (Å²) in [7, 11) is 0. The number of aliphatic imine (C=N–C) groups is 1. The lowest BCUT2D eigenvalue weighted by atomic mass is 9.62. The number of aromatic nitrogens is 1. The Balaban J connectivity index is 1.94. The molecule has 2 rings (SSSR count). The standard InChI is InChI=1S/C18H25FN4O2/c1-17(2)7-13(8-18(3,10-17)11-20-12-24)23-16(25)22-9-15-14(19)5-4-6-21-15/h4-6,13H,7-11H2,1-3H3,(H2,22,23,25). The summed E-state index contributed by atoms with van der Waals surface area (Å²) in [5.74, 6) is -0.444. The Morgan fingerprint density at radius 1 is 1.44 bits per heavy atom. The predicted molar refractivity (Wildman–Crippen MR) is 92.1 cm³/mol. The second kappa shape index (κ2) is 7.74. The fraction of sp³-hybridized carbons (Fsp3) is 0.611. The van der Waals surface area contributed by atoms with E-state index >= 15 is 0 Å². The number of nitrogens with zero attached hydrogens (tertiary/aromatic N) is 2. The van der Waals surface area contributed by atoms with Crippen LogP contribution in [0.4, 0.5) is 9.18 Å². The molecule has 25 heavy (non-hydrogen) atoms. The Bertz CT molecular complexity index is 673. The lowest BCUT2D eigenvalue weighted by molar-refractivity contribution is 0.0807. The summed E-state index contributed by atoms with van der Waals surface area (Å²) in [4.78, 5) is 30.3. The molecule has 1 aromatic heterocycles. The van der Waals surface area contributed by atoms with Gasteiger partial charge in [0, 0.05) is 12.2 Å². The summed E-state index contributed by atoms with van der Waals surface area (Å²) in [5, 5.41) is 5.60. The molecule has 0 spiro atoms. The SMILES string of the molecule is CC1(C)CC(NC(=O)NCc2ncccc2F)CC(C)(CN=C=O)C1. The third-order valence-corrected chi connectivity index (χ3v) is 4.56. The lowest BCUT2D eigenvalue weighted by Crippen LogP contribution is -2.50. The normalized spacial score (nSPS) is 24.9. The number of carbonyl (C=O) groups excluding carboxylic acids is 2. The van der Waals surface area contributed by atoms with Gasteiger partial charge >= 0.3 is 6.03 Å². The quantitative estimate of drug-likeness (QED) is 0.634. The van der Waals surface area contributed by atoms with Gasteiger partial charge in [0.15, 0.2) is 0 Å². The molecule has 2 amide bonds. The van der Waals surface area contributed by atoms with Crippen molar-refractivity contribution in [2.24, 2.45) is 15.8 Å². The third-order valence-electron chi connectivity index (χ3n) is 4.56. The molecule has 0 aromatic carbocycles. The van der Waals surface area contributed by atoms with Crippen molar-refractivity contribution in [2.75, 3.05) is 6.54 Å². The minimum Gasteiger partial charge on any atom is -0.335 e. The van der Waals surface area contributed by atoms with Gasteiger partial charge in [-0.1, -0.05) is 20.8 Å². The highest BCUT2D eigenvalue weighted by Gasteiger charge is 2.41. The molecule has 7 heteroatoms. The molecule has 2 N–H and O–H groups in total. The van der Waals surface area contributed by atoms with Gasteiger partial charge < -0.3 is 10.6 Å². The Kier molecular flexibility index (Phi) is 5.90. The number of carbonyl (C=O) groups is 1. The molecule has 0 bridgehead atoms. The van der Waals surface area contributed by atoms with E-state index in [1.807, 2.05) is 0 Å². The summed E-state index contributed by atoms with van der Waals surface area (Å²) in [6.45, 7) is 6.79. The average Bonchev–Trinajstić information content (AvgIpc) is 2.50. The van der Waals surface area contributed by atoms with E-state index in [2.05, 4.69) is 41.4 Å². The van der Waals surface area contributed by atoms with Crippen LogP contribution < -0.4 is 10.6 Å². The molecular formula is C18H25FN4O2. The summed E-state index contributed by atoms with van der Waals surface area (Å²) in [6.07, 6.45) is 5.57. The van der Waals surface area contributed by atoms with E-state index in [9.17, 15) is 14.0 Å². The largest absolute Gasteiger partial charge is 0.335 e. The van der Waals surface area contributed by atoms with Crippen LogP contribution in [0.15, 0.2) is 23.3 Å². The summed E-state index contributed by atoms with van der Waals surface area (Å²) in [5.41, 5.74) is 0.0625. The first-order valence-electron chi connectivity index (χ1n) is 8.40. The predicted octanol–water partition coefficient (Wildman–Crippen LogP) is 2.94. The first kappa shape index (κ1) is 19.1. The minimum absolute atomic E-state index is 0.0243. The Morgan fingerprint density at radius 2 is 2.20 bits per heavy atom. The van der Waals surface area contributed by atoms with Crippen LogP contribution in [0.2, 0.25) is 0 Å². The van der Waals surface area contributed by atoms with E-state index in [-0.39, 0.29) is 35.1 Å². The topological polar surface area (TPSA) is 83.4 Å². The molecule has 136 valence electrons. The summed E-state index contributed by atoms with van der Waals surface area (Å²) in [6, 6.07) is 2.43. The second-order valence-electron chi connectivity index (χ2n) is 7.92. The van der Waals surface area contributed by atoms with E-state index < -0.39 is 5.82 Å². The molecule has 1 fully saturated rings. The molecule has 0 radical (unpaired) electrons. The molecule has 1 aliphatic rings. The maximum absolute atomic E-state index is 13.5. The van der Waals surface area contributed by atoms with Crippen molar-refractivity contribution in [2.45, 2.75) is 52.6 Å². The number of isocyanates is 1. The van der Waals surface area contributed by atoms with Gasteiger partial charge in [0.25, 0.3) is 0 Å². The van der Waals surface area contributed by atoms with Crippen molar-refractivity contribution in [1.82, 2.24) is 15.6 Å². The molecule has 0 aliphatic heterocycles. The van der Waals surface area contributed by atoms with Gasteiger partial charge in [-0.3, -0.25) is 4.98 Å². The zero-order chi connectivity index (χ0) is 18.5. The van der Waals surface area contributed by atoms with Gasteiger partial charge in [-0.2, -0.15) is 0 Å². The van der Waals surface area contributed by atoms with Gasteiger partial charge in [0.1, 0.15) is 5.82 Å². The Labute approximate surface area is 147 Å². The highest BCUT2D eigenvalue weighted by Crippen LogP contribution is 2.46. The van der Waals surface area contributed by atoms with Crippen molar-refractivity contribution < 1.29 is 14.0 Å². The van der Waals surface area contributed by atoms with Gasteiger partial charge in [-0.15, -0.1) is 0 Å². The van der Waals surface area contributed by atoms with Gasteiger partial charge in [0.05, 0.1) is 18.8 Å². The van der Waals surface area contributed by atoms with E-state index in [1.165, 1.54) is 18.3 Å². The number of amides is 2. The zero-order valence-electron chi connectivity index (χ0n) is 14.9. The second-order valence-corrected chi connectivity index (χ2v) is 7.92. The molecule has 1 saturated carbocycles. The molecule has 0 saturated heterocycles. The summed E-state index contributed by atoms with van der Waals surface area (Å²) >= 11 is 0. The van der Waals surface area contributed by atoms with Crippen LogP contribution in [-0.4, -0.2) is 29.7 Å². The molecular weight excluding hydrogens is 323 g/mol. The van der Waals surface area contributed by atoms with Crippen molar-refractivity contribution in [1.29, 1.82) is 0 Å². The third kappa shape index (κ3) is 5.64. The van der Waals surface area contributed by atoms with E-state index in [1.54, 1.807) is 6.08 Å². The monoisotopic (exact) mass is 348 g/mol. The van der Waals surface area contributed by atoms with Crippen LogP contribution in [0.1, 0.15) is 45.7 Å². The fourth-order valence-corrected chi connectivity index (χ4v) is 4.03. The van der Waals surface area contributed by atoms with Crippen molar-refractivity contribution in [3.05, 3.63) is 29.8 Å². The summed E-state index contributed by atoms with van der Waals surface area (Å²) < 4.78 is 13.5. The number of urea groups is 1. The van der Waals surface area contributed by atoms with Gasteiger partial charge in [0.2, 0.25) is 6.08 Å². The fourth-order valence-electron chi connectivity index (χ4n) is 4.03. The number of hydrogen-bond donors (Lipinski definition) is 2. The van der Waals surface area contributed by atoms with E-state index in [0.29, 0.717) is 6.54 Å². The van der Waals surface area contributed by atoms with E-state index in [4.69, 9.17) is 0 Å².